The minimum absolute atomic E-state index is 0.00956. The van der Waals surface area contributed by atoms with Crippen molar-refractivity contribution in [1.82, 2.24) is 39.9 Å². The third-order valence-corrected chi connectivity index (χ3v) is 10.6. The van der Waals surface area contributed by atoms with Crippen molar-refractivity contribution >= 4 is 44.1 Å². The smallest absolute Gasteiger partial charge is 0.168 e. The van der Waals surface area contributed by atoms with Crippen LogP contribution in [0, 0.1) is 16.2 Å². The van der Waals surface area contributed by atoms with Gasteiger partial charge in [-0.25, -0.2) is 29.9 Å². The number of aliphatic hydroxyl groups excluding tert-OH is 2. The van der Waals surface area contributed by atoms with E-state index in [1.54, 1.807) is 12.1 Å². The van der Waals surface area contributed by atoms with Crippen LogP contribution in [0.3, 0.4) is 0 Å². The fraction of sp³-hybridized carbons (Fsp3) is 0.373. The number of rotatable bonds is 12. The van der Waals surface area contributed by atoms with E-state index in [9.17, 15) is 10.2 Å². The molecule has 15 heteroatoms. The van der Waals surface area contributed by atoms with Crippen molar-refractivity contribution < 1.29 is 33.9 Å². The van der Waals surface area contributed by atoms with Crippen LogP contribution >= 0.6 is 0 Å². The predicted octanol–water partition coefficient (Wildman–Crippen LogP) is 9.89. The number of nitrogens with zero attached hydrogens (tertiary/aromatic N) is 6. The molecule has 7 aromatic rings. The van der Waals surface area contributed by atoms with Gasteiger partial charge in [0.25, 0.3) is 0 Å². The van der Waals surface area contributed by atoms with Crippen LogP contribution in [0.25, 0.3) is 89.7 Å². The van der Waals surface area contributed by atoms with Crippen molar-refractivity contribution in [3.63, 3.8) is 0 Å². The highest BCUT2D eigenvalue weighted by Crippen LogP contribution is 2.48. The maximum atomic E-state index is 9.90. The fourth-order valence-electron chi connectivity index (χ4n) is 7.71. The highest BCUT2D eigenvalue weighted by Gasteiger charge is 2.30. The molecule has 2 aliphatic rings. The number of aliphatic hydroxyl groups is 2. The van der Waals surface area contributed by atoms with Crippen LogP contribution < -0.4 is 23.7 Å². The van der Waals surface area contributed by atoms with E-state index in [-0.39, 0.29) is 54.3 Å². The molecule has 2 aliphatic heterocycles. The summed E-state index contributed by atoms with van der Waals surface area (Å²) in [6, 6.07) is 21.0. The number of aromatic nitrogens is 8. The molecule has 342 valence electrons. The summed E-state index contributed by atoms with van der Waals surface area (Å²) in [6.45, 7) is 20.0. The maximum absolute atomic E-state index is 9.90. The molecule has 4 N–H and O–H groups in total. The summed E-state index contributed by atoms with van der Waals surface area (Å²) in [6.07, 6.45) is 0. The summed E-state index contributed by atoms with van der Waals surface area (Å²) < 4.78 is 32.0. The molecule has 5 heterocycles. The van der Waals surface area contributed by atoms with Gasteiger partial charge in [0.15, 0.2) is 23.3 Å². The second-order valence-electron chi connectivity index (χ2n) is 20.1. The third-order valence-electron chi connectivity index (χ3n) is 10.6. The second kappa shape index (κ2) is 17.2. The minimum atomic E-state index is -0.224. The Bertz CT molecular complexity index is 3160. The van der Waals surface area contributed by atoms with Gasteiger partial charge in [0, 0.05) is 16.3 Å². The minimum Gasteiger partial charge on any atom is -0.492 e. The third kappa shape index (κ3) is 8.92. The van der Waals surface area contributed by atoms with Crippen LogP contribution in [0.4, 0.5) is 0 Å². The summed E-state index contributed by atoms with van der Waals surface area (Å²) in [5.74, 6) is 3.97. The quantitative estimate of drug-likeness (QED) is 0.0906. The van der Waals surface area contributed by atoms with Crippen LogP contribution in [-0.4, -0.2) is 96.3 Å². The first kappa shape index (κ1) is 44.4. The van der Waals surface area contributed by atoms with E-state index in [0.29, 0.717) is 110 Å². The lowest BCUT2D eigenvalue weighted by Gasteiger charge is -2.20. The molecule has 0 saturated heterocycles. The van der Waals surface area contributed by atoms with Crippen LogP contribution in [0.15, 0.2) is 66.7 Å². The number of aromatic amines is 2. The summed E-state index contributed by atoms with van der Waals surface area (Å²) in [5, 5.41) is 22.6. The number of fused-ring (bicyclic) bond motifs is 20. The Kier molecular flexibility index (Phi) is 11.6. The van der Waals surface area contributed by atoms with E-state index in [1.807, 2.05) is 54.6 Å². The molecular weight excluding hydrogens is 837 g/mol. The van der Waals surface area contributed by atoms with Crippen molar-refractivity contribution in [1.29, 1.82) is 0 Å². The van der Waals surface area contributed by atoms with Gasteiger partial charge in [-0.15, -0.1) is 0 Å². The van der Waals surface area contributed by atoms with Crippen LogP contribution in [0.1, 0.15) is 62.3 Å². The number of ether oxygens (including phenoxy) is 5. The normalized spacial score (nSPS) is 12.6. The monoisotopic (exact) mass is 892 g/mol. The zero-order valence-corrected chi connectivity index (χ0v) is 38.9. The Morgan fingerprint density at radius 2 is 0.788 bits per heavy atom. The molecule has 0 atom stereocenters. The van der Waals surface area contributed by atoms with Gasteiger partial charge in [-0.3, -0.25) is 0 Å². The standard InChI is InChI=1S/C51H56N8O7/c1-49(2,3)25-64-31-16-10-13-28-36(31)44-52-41(28)53-45-37-29(14-11-17-32(37)65-26-50(4,5)6)43(55-45)57-47-39-34(62-23-21-60)19-20-35(63-24-22-61)40(39)48(59-47)58-46-38-30(42(54-44)56-46)15-12-18-33(38)66-27-51(7,8)9/h10-20,60-61H,21-27H2,1-9H3,(H2,52,53,54,55,56,57,58,59). The summed E-state index contributed by atoms with van der Waals surface area (Å²) in [5.41, 5.74) is 3.79. The van der Waals surface area contributed by atoms with Crippen LogP contribution in [0.5, 0.6) is 28.7 Å². The highest BCUT2D eigenvalue weighted by atomic mass is 16.5. The van der Waals surface area contributed by atoms with E-state index in [1.165, 1.54) is 0 Å². The summed E-state index contributed by atoms with van der Waals surface area (Å²) in [7, 11) is 0. The SMILES string of the molecule is CC(C)(C)COc1cccc2c1-c1nc-2nc2[nH]c(nc3nc(nc4[nH]c(n1)c1cccc(OCC(C)(C)C)c41)-c1c(OCCO)ccc(OCCO)c1-3)c1cccc(OCC(C)(C)C)c21. The molecule has 0 fully saturated rings. The van der Waals surface area contributed by atoms with Crippen molar-refractivity contribution in [2.24, 2.45) is 16.2 Å². The lowest BCUT2D eigenvalue weighted by Crippen LogP contribution is -2.17. The Morgan fingerprint density at radius 1 is 0.409 bits per heavy atom. The predicted molar refractivity (Wildman–Crippen MR) is 256 cm³/mol. The fourth-order valence-corrected chi connectivity index (χ4v) is 7.71. The first-order valence-electron chi connectivity index (χ1n) is 22.2. The van der Waals surface area contributed by atoms with Gasteiger partial charge in [0.05, 0.1) is 60.5 Å². The molecule has 0 unspecified atom stereocenters. The number of nitrogens with one attached hydrogen (secondary N) is 2. The molecular formula is C51H56N8O7. The molecule has 15 nitrogen and oxygen atoms in total. The molecule has 9 rings (SSSR count). The molecule has 66 heavy (non-hydrogen) atoms. The van der Waals surface area contributed by atoms with Gasteiger partial charge in [0.2, 0.25) is 0 Å². The molecule has 0 aliphatic carbocycles. The van der Waals surface area contributed by atoms with Gasteiger partial charge >= 0.3 is 0 Å². The Balaban J connectivity index is 1.45. The Hall–Kier alpha value is -6.84. The van der Waals surface area contributed by atoms with Gasteiger partial charge in [-0.05, 0) is 46.6 Å². The summed E-state index contributed by atoms with van der Waals surface area (Å²) >= 11 is 0. The zero-order chi connectivity index (χ0) is 46.5. The lowest BCUT2D eigenvalue weighted by atomic mass is 9.98. The van der Waals surface area contributed by atoms with E-state index >= 15 is 0 Å². The Labute approximate surface area is 382 Å². The number of benzene rings is 4. The summed E-state index contributed by atoms with van der Waals surface area (Å²) in [4.78, 5) is 38.4. The number of hydrogen-bond donors (Lipinski definition) is 4. The average Bonchev–Trinajstić information content (AvgIpc) is 4.01. The van der Waals surface area contributed by atoms with E-state index < -0.39 is 0 Å². The first-order valence-corrected chi connectivity index (χ1v) is 22.2. The molecule has 0 radical (unpaired) electrons. The average molecular weight is 893 g/mol. The molecule has 0 amide bonds. The first-order chi connectivity index (χ1) is 31.5. The van der Waals surface area contributed by atoms with Crippen molar-refractivity contribution in [2.45, 2.75) is 62.3 Å². The molecule has 8 bridgehead atoms. The van der Waals surface area contributed by atoms with Crippen LogP contribution in [-0.2, 0) is 0 Å². The van der Waals surface area contributed by atoms with Gasteiger partial charge in [-0.1, -0.05) is 98.7 Å². The van der Waals surface area contributed by atoms with E-state index in [2.05, 4.69) is 72.3 Å². The van der Waals surface area contributed by atoms with Gasteiger partial charge in [0.1, 0.15) is 64.6 Å². The highest BCUT2D eigenvalue weighted by molar-refractivity contribution is 6.10. The second-order valence-corrected chi connectivity index (χ2v) is 20.1. The molecule has 0 saturated carbocycles. The molecule has 0 spiro atoms. The van der Waals surface area contributed by atoms with E-state index in [0.717, 1.165) is 16.3 Å². The van der Waals surface area contributed by atoms with Gasteiger partial charge < -0.3 is 43.9 Å². The molecule has 4 aromatic carbocycles. The number of hydrogen-bond acceptors (Lipinski definition) is 13. The topological polar surface area (TPSA) is 196 Å². The molecule has 3 aromatic heterocycles. The van der Waals surface area contributed by atoms with E-state index in [4.69, 9.17) is 53.6 Å². The van der Waals surface area contributed by atoms with Gasteiger partial charge in [-0.2, -0.15) is 0 Å². The van der Waals surface area contributed by atoms with Crippen molar-refractivity contribution in [3.8, 4) is 74.3 Å². The van der Waals surface area contributed by atoms with Crippen LogP contribution in [0.2, 0.25) is 0 Å². The van der Waals surface area contributed by atoms with Crippen molar-refractivity contribution in [2.75, 3.05) is 46.2 Å². The zero-order valence-electron chi connectivity index (χ0n) is 38.9. The maximum Gasteiger partial charge on any atom is 0.168 e. The largest absolute Gasteiger partial charge is 0.492 e. The lowest BCUT2D eigenvalue weighted by molar-refractivity contribution is 0.198. The van der Waals surface area contributed by atoms with Crippen molar-refractivity contribution in [3.05, 3.63) is 66.7 Å². The number of H-pyrrole nitrogens is 2. The Morgan fingerprint density at radius 3 is 1.26 bits per heavy atom.